The Balaban J connectivity index is 3.33. The number of carbonyl (C=O) groups excluding carboxylic acids is 1. The lowest BCUT2D eigenvalue weighted by atomic mass is 9.88. The van der Waals surface area contributed by atoms with Gasteiger partial charge >= 0.3 is 0 Å². The summed E-state index contributed by atoms with van der Waals surface area (Å²) >= 11 is 0. The highest BCUT2D eigenvalue weighted by molar-refractivity contribution is 5.83. The highest BCUT2D eigenvalue weighted by Gasteiger charge is 2.19. The lowest BCUT2D eigenvalue weighted by Crippen LogP contribution is -2.19. The Morgan fingerprint density at radius 1 is 0.739 bits per heavy atom. The van der Waals surface area contributed by atoms with Gasteiger partial charge in [0.25, 0.3) is 0 Å². The monoisotopic (exact) mass is 320 g/mol. The van der Waals surface area contributed by atoms with Crippen molar-refractivity contribution in [1.29, 1.82) is 0 Å². The zero-order chi connectivity index (χ0) is 17.4. The second-order valence-corrected chi connectivity index (χ2v) is 7.65. The molecule has 23 heavy (non-hydrogen) atoms. The van der Waals surface area contributed by atoms with Crippen molar-refractivity contribution in [3.8, 4) is 0 Å². The molecule has 0 aliphatic rings. The summed E-state index contributed by atoms with van der Waals surface area (Å²) in [5, 5.41) is 0. The molecule has 0 aromatic carbocycles. The third-order valence-electron chi connectivity index (χ3n) is 4.19. The molecule has 1 nitrogen and oxygen atoms in total. The summed E-state index contributed by atoms with van der Waals surface area (Å²) in [6.07, 6.45) is 23.6. The van der Waals surface area contributed by atoms with Crippen LogP contribution in [-0.2, 0) is 4.79 Å². The van der Waals surface area contributed by atoms with Crippen molar-refractivity contribution in [3.63, 3.8) is 0 Å². The Labute approximate surface area is 145 Å². The molecule has 0 fully saturated rings. The van der Waals surface area contributed by atoms with E-state index in [-0.39, 0.29) is 5.41 Å². The Morgan fingerprint density at radius 2 is 1.26 bits per heavy atom. The SMILES string of the molecule is CCCCC/C=C\C/C=C\CCCCCCCC(=O)C(C)(C)C. The average molecular weight is 321 g/mol. The van der Waals surface area contributed by atoms with E-state index in [2.05, 4.69) is 31.2 Å². The molecule has 0 aliphatic heterocycles. The molecule has 0 saturated heterocycles. The van der Waals surface area contributed by atoms with E-state index >= 15 is 0 Å². The smallest absolute Gasteiger partial charge is 0.138 e. The van der Waals surface area contributed by atoms with Crippen molar-refractivity contribution in [2.75, 3.05) is 0 Å². The molecule has 0 N–H and O–H groups in total. The van der Waals surface area contributed by atoms with Crippen LogP contribution in [0.3, 0.4) is 0 Å². The van der Waals surface area contributed by atoms with Crippen molar-refractivity contribution in [2.45, 2.75) is 105 Å². The van der Waals surface area contributed by atoms with Crippen LogP contribution in [0.15, 0.2) is 24.3 Å². The number of ketones is 1. The lowest BCUT2D eigenvalue weighted by molar-refractivity contribution is -0.126. The van der Waals surface area contributed by atoms with Crippen LogP contribution in [-0.4, -0.2) is 5.78 Å². The van der Waals surface area contributed by atoms with Gasteiger partial charge in [0.1, 0.15) is 5.78 Å². The largest absolute Gasteiger partial charge is 0.299 e. The first-order chi connectivity index (χ1) is 11.0. The topological polar surface area (TPSA) is 17.1 Å². The summed E-state index contributed by atoms with van der Waals surface area (Å²) in [6, 6.07) is 0. The van der Waals surface area contributed by atoms with Gasteiger partial charge in [-0.1, -0.05) is 84.1 Å². The number of carbonyl (C=O) groups is 1. The number of allylic oxidation sites excluding steroid dienone is 4. The maximum absolute atomic E-state index is 11.8. The number of unbranched alkanes of at least 4 members (excludes halogenated alkanes) is 8. The van der Waals surface area contributed by atoms with Crippen molar-refractivity contribution in [3.05, 3.63) is 24.3 Å². The minimum Gasteiger partial charge on any atom is -0.299 e. The second kappa shape index (κ2) is 14.7. The Hall–Kier alpha value is -0.850. The third kappa shape index (κ3) is 15.8. The second-order valence-electron chi connectivity index (χ2n) is 7.65. The standard InChI is InChI=1S/C22H40O/c1-5-6-7-8-9-10-11-12-13-14-15-16-17-18-19-20-21(23)22(2,3)4/h9-10,12-13H,5-8,11,14-20H2,1-4H3/b10-9-,13-12-. The first kappa shape index (κ1) is 22.1. The molecule has 0 aliphatic carbocycles. The molecule has 0 radical (unpaired) electrons. The highest BCUT2D eigenvalue weighted by atomic mass is 16.1. The number of hydrogen-bond acceptors (Lipinski definition) is 1. The number of hydrogen-bond donors (Lipinski definition) is 0. The first-order valence-corrected chi connectivity index (χ1v) is 9.81. The maximum atomic E-state index is 11.8. The van der Waals surface area contributed by atoms with Gasteiger partial charge in [0.2, 0.25) is 0 Å². The highest BCUT2D eigenvalue weighted by Crippen LogP contribution is 2.19. The molecule has 0 heterocycles. The Kier molecular flexibility index (Phi) is 14.2. The van der Waals surface area contributed by atoms with Gasteiger partial charge in [0.15, 0.2) is 0 Å². The summed E-state index contributed by atoms with van der Waals surface area (Å²) in [5.74, 6) is 0.406. The van der Waals surface area contributed by atoms with Gasteiger partial charge in [0, 0.05) is 11.8 Å². The molecule has 0 aromatic heterocycles. The van der Waals surface area contributed by atoms with Crippen LogP contribution < -0.4 is 0 Å². The van der Waals surface area contributed by atoms with Crippen LogP contribution in [0.25, 0.3) is 0 Å². The van der Waals surface area contributed by atoms with Gasteiger partial charge in [-0.15, -0.1) is 0 Å². The number of rotatable bonds is 14. The quantitative estimate of drug-likeness (QED) is 0.240. The van der Waals surface area contributed by atoms with Crippen LogP contribution in [0.5, 0.6) is 0 Å². The molecular formula is C22H40O. The van der Waals surface area contributed by atoms with Crippen molar-refractivity contribution in [2.24, 2.45) is 5.41 Å². The van der Waals surface area contributed by atoms with Gasteiger partial charge in [-0.3, -0.25) is 4.79 Å². The molecule has 1 heteroatoms. The minimum atomic E-state index is -0.157. The van der Waals surface area contributed by atoms with E-state index in [0.29, 0.717) is 5.78 Å². The predicted molar refractivity (Wildman–Crippen MR) is 104 cm³/mol. The molecule has 0 rings (SSSR count). The van der Waals surface area contributed by atoms with Crippen LogP contribution in [0.1, 0.15) is 105 Å². The molecule has 0 saturated carbocycles. The van der Waals surface area contributed by atoms with E-state index in [1.54, 1.807) is 0 Å². The zero-order valence-electron chi connectivity index (χ0n) is 16.2. The van der Waals surface area contributed by atoms with E-state index in [1.807, 2.05) is 20.8 Å². The molecule has 0 bridgehead atoms. The van der Waals surface area contributed by atoms with Crippen molar-refractivity contribution in [1.82, 2.24) is 0 Å². The van der Waals surface area contributed by atoms with Gasteiger partial charge < -0.3 is 0 Å². The molecule has 0 amide bonds. The fourth-order valence-corrected chi connectivity index (χ4v) is 2.47. The summed E-state index contributed by atoms with van der Waals surface area (Å²) in [6.45, 7) is 8.30. The van der Waals surface area contributed by atoms with E-state index < -0.39 is 0 Å². The Bertz CT molecular complexity index is 330. The molecule has 134 valence electrons. The fraction of sp³-hybridized carbons (Fsp3) is 0.773. The van der Waals surface area contributed by atoms with Gasteiger partial charge in [-0.05, 0) is 38.5 Å². The van der Waals surface area contributed by atoms with Crippen LogP contribution >= 0.6 is 0 Å². The molecule has 0 atom stereocenters. The van der Waals surface area contributed by atoms with Gasteiger partial charge in [0.05, 0.1) is 0 Å². The van der Waals surface area contributed by atoms with Crippen LogP contribution in [0.4, 0.5) is 0 Å². The van der Waals surface area contributed by atoms with Gasteiger partial charge in [-0.2, -0.15) is 0 Å². The summed E-state index contributed by atoms with van der Waals surface area (Å²) in [7, 11) is 0. The summed E-state index contributed by atoms with van der Waals surface area (Å²) < 4.78 is 0. The number of Topliss-reactive ketones (excluding diaryl/α,β-unsaturated/α-hetero) is 1. The first-order valence-electron chi connectivity index (χ1n) is 9.81. The predicted octanol–water partition coefficient (Wildman–Crippen LogP) is 7.42. The molecular weight excluding hydrogens is 280 g/mol. The van der Waals surface area contributed by atoms with E-state index in [9.17, 15) is 4.79 Å². The molecule has 0 unspecified atom stereocenters. The average Bonchev–Trinajstić information content (AvgIpc) is 2.50. The summed E-state index contributed by atoms with van der Waals surface area (Å²) in [4.78, 5) is 11.8. The van der Waals surface area contributed by atoms with Crippen molar-refractivity contribution < 1.29 is 4.79 Å². The summed E-state index contributed by atoms with van der Waals surface area (Å²) in [5.41, 5.74) is -0.157. The lowest BCUT2D eigenvalue weighted by Gasteiger charge is -2.16. The van der Waals surface area contributed by atoms with Crippen LogP contribution in [0, 0.1) is 5.41 Å². The van der Waals surface area contributed by atoms with Crippen molar-refractivity contribution >= 4 is 5.78 Å². The third-order valence-corrected chi connectivity index (χ3v) is 4.19. The van der Waals surface area contributed by atoms with E-state index in [1.165, 1.54) is 57.8 Å². The van der Waals surface area contributed by atoms with E-state index in [4.69, 9.17) is 0 Å². The van der Waals surface area contributed by atoms with E-state index in [0.717, 1.165) is 19.3 Å². The minimum absolute atomic E-state index is 0.157. The van der Waals surface area contributed by atoms with Gasteiger partial charge in [-0.25, -0.2) is 0 Å². The normalized spacial score (nSPS) is 12.5. The molecule has 0 spiro atoms. The fourth-order valence-electron chi connectivity index (χ4n) is 2.47. The van der Waals surface area contributed by atoms with Crippen LogP contribution in [0.2, 0.25) is 0 Å². The Morgan fingerprint density at radius 3 is 1.83 bits per heavy atom. The zero-order valence-corrected chi connectivity index (χ0v) is 16.2. The maximum Gasteiger partial charge on any atom is 0.138 e. The molecule has 0 aromatic rings.